The summed E-state index contributed by atoms with van der Waals surface area (Å²) in [4.78, 5) is 14.2. The number of piperidine rings is 1. The second-order valence-corrected chi connectivity index (χ2v) is 6.34. The third-order valence-electron chi connectivity index (χ3n) is 4.44. The van der Waals surface area contributed by atoms with Gasteiger partial charge in [-0.2, -0.15) is 0 Å². The minimum Gasteiger partial charge on any atom is -0.393 e. The number of carbonyl (C=O) groups excluding carboxylic acids is 1. The number of likely N-dealkylation sites (tertiary alicyclic amines) is 1. The highest BCUT2D eigenvalue weighted by atomic mass is 16.3. The lowest BCUT2D eigenvalue weighted by molar-refractivity contribution is -0.141. The number of hydrogen-bond acceptors (Lipinski definition) is 2. The molecule has 1 atom stereocenters. The average Bonchev–Trinajstić information content (AvgIpc) is 2.12. The summed E-state index contributed by atoms with van der Waals surface area (Å²) < 4.78 is 0. The Labute approximate surface area is 104 Å². The normalized spacial score (nSPS) is 28.9. The Hall–Kier alpha value is -0.570. The van der Waals surface area contributed by atoms with Crippen LogP contribution in [0.5, 0.6) is 0 Å². The van der Waals surface area contributed by atoms with Crippen molar-refractivity contribution in [1.29, 1.82) is 0 Å². The van der Waals surface area contributed by atoms with Crippen molar-refractivity contribution < 1.29 is 9.90 Å². The highest BCUT2D eigenvalue weighted by Crippen LogP contribution is 2.32. The van der Waals surface area contributed by atoms with E-state index in [1.54, 1.807) is 0 Å². The summed E-state index contributed by atoms with van der Waals surface area (Å²) in [5.41, 5.74) is -0.172. The van der Waals surface area contributed by atoms with Crippen LogP contribution < -0.4 is 0 Å². The molecule has 0 aromatic carbocycles. The number of rotatable bonds is 3. The van der Waals surface area contributed by atoms with Crippen LogP contribution in [-0.2, 0) is 4.79 Å². The molecule has 2 aliphatic rings. The summed E-state index contributed by atoms with van der Waals surface area (Å²) in [5.74, 6) is 1.09. The minimum absolute atomic E-state index is 0.172. The highest BCUT2D eigenvalue weighted by molar-refractivity contribution is 5.77. The van der Waals surface area contributed by atoms with Crippen molar-refractivity contribution in [2.75, 3.05) is 6.54 Å². The van der Waals surface area contributed by atoms with Crippen LogP contribution in [0.2, 0.25) is 0 Å². The highest BCUT2D eigenvalue weighted by Gasteiger charge is 2.36. The van der Waals surface area contributed by atoms with E-state index in [9.17, 15) is 9.90 Å². The molecular weight excluding hydrogens is 214 g/mol. The first-order chi connectivity index (χ1) is 7.99. The molecule has 1 aliphatic carbocycles. The van der Waals surface area contributed by atoms with E-state index in [4.69, 9.17) is 0 Å². The predicted octanol–water partition coefficient (Wildman–Crippen LogP) is 2.33. The molecule has 1 saturated heterocycles. The molecule has 2 fully saturated rings. The fraction of sp³-hybridized carbons (Fsp3) is 0.929. The maximum Gasteiger partial charge on any atom is 0.223 e. The Morgan fingerprint density at radius 2 is 2.06 bits per heavy atom. The number of hydrogen-bond donors (Lipinski definition) is 1. The van der Waals surface area contributed by atoms with Gasteiger partial charge in [-0.15, -0.1) is 0 Å². The van der Waals surface area contributed by atoms with Gasteiger partial charge in [-0.1, -0.05) is 19.3 Å². The van der Waals surface area contributed by atoms with Crippen LogP contribution in [0.4, 0.5) is 0 Å². The number of nitrogens with zero attached hydrogens (tertiary/aromatic N) is 1. The molecule has 1 amide bonds. The second-order valence-electron chi connectivity index (χ2n) is 6.34. The van der Waals surface area contributed by atoms with Crippen LogP contribution in [0.15, 0.2) is 0 Å². The maximum atomic E-state index is 12.2. The monoisotopic (exact) mass is 239 g/mol. The average molecular weight is 239 g/mol. The molecule has 0 aromatic rings. The van der Waals surface area contributed by atoms with Gasteiger partial charge in [0, 0.05) is 18.5 Å². The van der Waals surface area contributed by atoms with Crippen LogP contribution in [0.1, 0.15) is 58.8 Å². The molecule has 2 rings (SSSR count). The Balaban J connectivity index is 1.84. The molecule has 0 aromatic heterocycles. The fourth-order valence-corrected chi connectivity index (χ4v) is 3.08. The summed E-state index contributed by atoms with van der Waals surface area (Å²) in [7, 11) is 0. The number of aliphatic hydroxyl groups excluding tert-OH is 1. The van der Waals surface area contributed by atoms with E-state index < -0.39 is 0 Å². The fourth-order valence-electron chi connectivity index (χ4n) is 3.08. The van der Waals surface area contributed by atoms with E-state index >= 15 is 0 Å². The Kier molecular flexibility index (Phi) is 3.76. The van der Waals surface area contributed by atoms with Crippen LogP contribution >= 0.6 is 0 Å². The standard InChI is InChI=1S/C14H25NO2/c1-14(2)10-12(16)8-9-15(14)13(17)7-6-11-4-3-5-11/h11-12,16H,3-10H2,1-2H3. The van der Waals surface area contributed by atoms with Gasteiger partial charge in [0.25, 0.3) is 0 Å². The van der Waals surface area contributed by atoms with E-state index in [0.29, 0.717) is 12.8 Å². The second kappa shape index (κ2) is 4.97. The van der Waals surface area contributed by atoms with Crippen molar-refractivity contribution in [3.8, 4) is 0 Å². The van der Waals surface area contributed by atoms with Gasteiger partial charge in [-0.25, -0.2) is 0 Å². The van der Waals surface area contributed by atoms with E-state index in [1.807, 2.05) is 4.90 Å². The van der Waals surface area contributed by atoms with Crippen LogP contribution in [0.25, 0.3) is 0 Å². The van der Waals surface area contributed by atoms with Gasteiger partial charge >= 0.3 is 0 Å². The lowest BCUT2D eigenvalue weighted by atomic mass is 9.81. The zero-order chi connectivity index (χ0) is 12.5. The van der Waals surface area contributed by atoms with Crippen molar-refractivity contribution in [3.05, 3.63) is 0 Å². The molecule has 0 radical (unpaired) electrons. The molecule has 17 heavy (non-hydrogen) atoms. The van der Waals surface area contributed by atoms with Gasteiger partial charge in [0.2, 0.25) is 5.91 Å². The first-order valence-corrected chi connectivity index (χ1v) is 6.97. The van der Waals surface area contributed by atoms with Gasteiger partial charge in [-0.05, 0) is 39.0 Å². The Morgan fingerprint density at radius 3 is 2.59 bits per heavy atom. The largest absolute Gasteiger partial charge is 0.393 e. The van der Waals surface area contributed by atoms with Gasteiger partial charge in [0.15, 0.2) is 0 Å². The quantitative estimate of drug-likeness (QED) is 0.821. The molecule has 0 spiro atoms. The third-order valence-corrected chi connectivity index (χ3v) is 4.44. The third kappa shape index (κ3) is 3.01. The molecule has 98 valence electrons. The first-order valence-electron chi connectivity index (χ1n) is 6.97. The van der Waals surface area contributed by atoms with Crippen molar-refractivity contribution in [1.82, 2.24) is 4.90 Å². The van der Waals surface area contributed by atoms with Gasteiger partial charge in [0.05, 0.1) is 6.10 Å². The summed E-state index contributed by atoms with van der Waals surface area (Å²) in [6.07, 6.45) is 6.95. The summed E-state index contributed by atoms with van der Waals surface area (Å²) in [6.45, 7) is 4.85. The number of aliphatic hydroxyl groups is 1. The van der Waals surface area contributed by atoms with Gasteiger partial charge < -0.3 is 10.0 Å². The molecule has 3 nitrogen and oxygen atoms in total. The lowest BCUT2D eigenvalue weighted by Crippen LogP contribution is -2.54. The Morgan fingerprint density at radius 1 is 1.35 bits per heavy atom. The van der Waals surface area contributed by atoms with Crippen molar-refractivity contribution >= 4 is 5.91 Å². The zero-order valence-corrected chi connectivity index (χ0v) is 11.1. The van der Waals surface area contributed by atoms with Crippen LogP contribution in [0.3, 0.4) is 0 Å². The summed E-state index contributed by atoms with van der Waals surface area (Å²) in [5, 5.41) is 9.67. The van der Waals surface area contributed by atoms with Crippen molar-refractivity contribution in [2.45, 2.75) is 70.4 Å². The van der Waals surface area contributed by atoms with Crippen LogP contribution in [-0.4, -0.2) is 34.1 Å². The first kappa shape index (κ1) is 12.9. The topological polar surface area (TPSA) is 40.5 Å². The molecule has 1 aliphatic heterocycles. The van der Waals surface area contributed by atoms with E-state index in [0.717, 1.165) is 25.3 Å². The summed E-state index contributed by atoms with van der Waals surface area (Å²) in [6, 6.07) is 0. The zero-order valence-electron chi connectivity index (χ0n) is 11.1. The molecular formula is C14H25NO2. The van der Waals surface area contributed by atoms with Crippen molar-refractivity contribution in [2.24, 2.45) is 5.92 Å². The predicted molar refractivity (Wildman–Crippen MR) is 67.6 cm³/mol. The molecule has 1 saturated carbocycles. The molecule has 3 heteroatoms. The SMILES string of the molecule is CC1(C)CC(O)CCN1C(=O)CCC1CCC1. The van der Waals surface area contributed by atoms with E-state index in [-0.39, 0.29) is 17.6 Å². The number of carbonyl (C=O) groups is 1. The maximum absolute atomic E-state index is 12.2. The molecule has 1 N–H and O–H groups in total. The van der Waals surface area contributed by atoms with Gasteiger partial charge in [-0.3, -0.25) is 4.79 Å². The minimum atomic E-state index is -0.235. The summed E-state index contributed by atoms with van der Waals surface area (Å²) >= 11 is 0. The van der Waals surface area contributed by atoms with Gasteiger partial charge in [0.1, 0.15) is 0 Å². The number of amides is 1. The smallest absolute Gasteiger partial charge is 0.223 e. The van der Waals surface area contributed by atoms with E-state index in [2.05, 4.69) is 13.8 Å². The Bertz CT molecular complexity index is 284. The molecule has 1 unspecified atom stereocenters. The molecule has 1 heterocycles. The van der Waals surface area contributed by atoms with Crippen molar-refractivity contribution in [3.63, 3.8) is 0 Å². The van der Waals surface area contributed by atoms with Crippen LogP contribution in [0, 0.1) is 5.92 Å². The van der Waals surface area contributed by atoms with E-state index in [1.165, 1.54) is 19.3 Å². The molecule has 0 bridgehead atoms. The lowest BCUT2D eigenvalue weighted by Gasteiger charge is -2.44.